The predicted molar refractivity (Wildman–Crippen MR) is 174 cm³/mol. The van der Waals surface area contributed by atoms with Crippen molar-refractivity contribution < 1.29 is 0 Å². The number of thioether (sulfide) groups is 1. The van der Waals surface area contributed by atoms with Crippen molar-refractivity contribution in [2.24, 2.45) is 9.98 Å². The molecule has 2 aromatic heterocycles. The average molecular weight is 545 g/mol. The molecule has 5 heteroatoms. The molecule has 2 aliphatic heterocycles. The molecular formula is C36H24N4S. The average Bonchev–Trinajstić information content (AvgIpc) is 3.73. The van der Waals surface area contributed by atoms with Crippen LogP contribution in [0.15, 0.2) is 142 Å². The van der Waals surface area contributed by atoms with Crippen molar-refractivity contribution in [1.82, 2.24) is 9.13 Å². The Labute approximate surface area is 241 Å². The lowest BCUT2D eigenvalue weighted by molar-refractivity contribution is 0.896. The van der Waals surface area contributed by atoms with E-state index in [9.17, 15) is 0 Å². The highest BCUT2D eigenvalue weighted by atomic mass is 32.2. The Kier molecular flexibility index (Phi) is 4.92. The molecule has 1 unspecified atom stereocenters. The first-order chi connectivity index (χ1) is 20.4. The number of benzene rings is 5. The fraction of sp³-hybridized carbons (Fsp3) is 0.0556. The summed E-state index contributed by atoms with van der Waals surface area (Å²) in [5.41, 5.74) is 9.13. The van der Waals surface area contributed by atoms with Crippen LogP contribution in [0.5, 0.6) is 0 Å². The molecule has 0 fully saturated rings. The number of hydrogen-bond acceptors (Lipinski definition) is 3. The molecule has 0 spiro atoms. The third kappa shape index (κ3) is 3.30. The van der Waals surface area contributed by atoms with Gasteiger partial charge >= 0.3 is 0 Å². The minimum Gasteiger partial charge on any atom is -0.309 e. The first kappa shape index (κ1) is 22.9. The molecule has 194 valence electrons. The number of aliphatic imine (C=N–C) groups is 2. The molecule has 0 saturated heterocycles. The van der Waals surface area contributed by atoms with Crippen molar-refractivity contribution in [3.63, 3.8) is 0 Å². The van der Waals surface area contributed by atoms with E-state index in [2.05, 4.69) is 136 Å². The third-order valence-corrected chi connectivity index (χ3v) is 9.25. The van der Waals surface area contributed by atoms with E-state index in [0.29, 0.717) is 0 Å². The van der Waals surface area contributed by atoms with Gasteiger partial charge in [0.15, 0.2) is 0 Å². The molecule has 0 bridgehead atoms. The topological polar surface area (TPSA) is 34.6 Å². The van der Waals surface area contributed by atoms with Gasteiger partial charge in [0.1, 0.15) is 0 Å². The summed E-state index contributed by atoms with van der Waals surface area (Å²) < 4.78 is 4.64. The van der Waals surface area contributed by atoms with Crippen molar-refractivity contribution in [2.75, 3.05) is 5.75 Å². The zero-order chi connectivity index (χ0) is 26.9. The molecule has 7 aromatic rings. The summed E-state index contributed by atoms with van der Waals surface area (Å²) in [7, 11) is 0. The smallest absolute Gasteiger partial charge is 0.231 e. The summed E-state index contributed by atoms with van der Waals surface area (Å²) in [6.45, 7) is 0. The summed E-state index contributed by atoms with van der Waals surface area (Å²) in [6, 6.07) is 43.2. The predicted octanol–water partition coefficient (Wildman–Crippen LogP) is 8.60. The van der Waals surface area contributed by atoms with Crippen LogP contribution in [-0.2, 0) is 0 Å². The lowest BCUT2D eigenvalue weighted by atomic mass is 9.95. The number of aromatic nitrogens is 2. The summed E-state index contributed by atoms with van der Waals surface area (Å²) in [6.07, 6.45) is 0. The second-order valence-electron chi connectivity index (χ2n) is 10.6. The maximum atomic E-state index is 5.43. The van der Waals surface area contributed by atoms with E-state index in [4.69, 9.17) is 9.98 Å². The highest BCUT2D eigenvalue weighted by molar-refractivity contribution is 8.02. The first-order valence-corrected chi connectivity index (χ1v) is 15.0. The van der Waals surface area contributed by atoms with Crippen molar-refractivity contribution in [2.45, 2.75) is 6.04 Å². The Balaban J connectivity index is 1.37. The lowest BCUT2D eigenvalue weighted by Crippen LogP contribution is -2.27. The number of nitrogens with zero attached hydrogens (tertiary/aromatic N) is 4. The quantitative estimate of drug-likeness (QED) is 0.215. The maximum Gasteiger partial charge on any atom is 0.231 e. The Morgan fingerprint density at radius 1 is 0.585 bits per heavy atom. The molecule has 2 aliphatic rings. The zero-order valence-corrected chi connectivity index (χ0v) is 22.9. The fourth-order valence-electron chi connectivity index (χ4n) is 6.57. The second-order valence-corrected chi connectivity index (χ2v) is 11.5. The van der Waals surface area contributed by atoms with Crippen LogP contribution in [0, 0.1) is 0 Å². The fourth-order valence-corrected chi connectivity index (χ4v) is 7.55. The standard InChI is InChI=1S/C36H24N4S/c1-2-11-23(12-3-1)39-31-18-7-6-15-26(31)27-16-10-17-28(35(27)39)34-29-21-41-22-30(29)37-36(38-34)40-32-19-8-4-13-24(32)25-14-5-9-20-33(25)40/h1-21,30H,22H2. The van der Waals surface area contributed by atoms with Gasteiger partial charge < -0.3 is 4.57 Å². The molecule has 41 heavy (non-hydrogen) atoms. The van der Waals surface area contributed by atoms with Crippen LogP contribution in [0.1, 0.15) is 5.56 Å². The van der Waals surface area contributed by atoms with Crippen molar-refractivity contribution >= 4 is 67.0 Å². The minimum atomic E-state index is 0.0623. The van der Waals surface area contributed by atoms with Gasteiger partial charge in [-0.3, -0.25) is 4.57 Å². The lowest BCUT2D eigenvalue weighted by Gasteiger charge is -2.22. The van der Waals surface area contributed by atoms with Crippen molar-refractivity contribution in [3.05, 3.63) is 138 Å². The minimum absolute atomic E-state index is 0.0623. The van der Waals surface area contributed by atoms with Gasteiger partial charge in [0.2, 0.25) is 5.96 Å². The zero-order valence-electron chi connectivity index (χ0n) is 22.1. The van der Waals surface area contributed by atoms with Gasteiger partial charge in [-0.25, -0.2) is 9.98 Å². The van der Waals surface area contributed by atoms with E-state index >= 15 is 0 Å². The van der Waals surface area contributed by atoms with Crippen LogP contribution in [0.3, 0.4) is 0 Å². The van der Waals surface area contributed by atoms with Crippen LogP contribution in [0.25, 0.3) is 49.3 Å². The van der Waals surface area contributed by atoms with Gasteiger partial charge in [-0.15, -0.1) is 11.8 Å². The monoisotopic (exact) mass is 544 g/mol. The summed E-state index contributed by atoms with van der Waals surface area (Å²) in [5.74, 6) is 1.67. The van der Waals surface area contributed by atoms with Gasteiger partial charge in [-0.2, -0.15) is 0 Å². The van der Waals surface area contributed by atoms with Crippen molar-refractivity contribution in [3.8, 4) is 5.69 Å². The second kappa shape index (κ2) is 8.82. The van der Waals surface area contributed by atoms with Gasteiger partial charge in [0, 0.05) is 44.1 Å². The van der Waals surface area contributed by atoms with E-state index in [1.807, 2.05) is 11.8 Å². The van der Waals surface area contributed by atoms with Gasteiger partial charge in [-0.05, 0) is 35.7 Å². The SMILES string of the molecule is C1=C2C(c3cccc4c5ccccc5n(-c5ccccc5)c34)=NC(n3c4ccccc4c4ccccc43)=NC2CS1. The molecule has 4 heterocycles. The molecule has 0 radical (unpaired) electrons. The highest BCUT2D eigenvalue weighted by Gasteiger charge is 2.32. The number of fused-ring (bicyclic) bond motifs is 7. The van der Waals surface area contributed by atoms with E-state index in [-0.39, 0.29) is 6.04 Å². The molecule has 4 nitrogen and oxygen atoms in total. The summed E-state index contributed by atoms with van der Waals surface area (Å²) >= 11 is 1.83. The Morgan fingerprint density at radius 2 is 1.17 bits per heavy atom. The van der Waals surface area contributed by atoms with E-state index < -0.39 is 0 Å². The number of hydrogen-bond donors (Lipinski definition) is 0. The van der Waals surface area contributed by atoms with Crippen LogP contribution >= 0.6 is 11.8 Å². The molecule has 5 aromatic carbocycles. The molecule has 0 N–H and O–H groups in total. The maximum absolute atomic E-state index is 5.43. The van der Waals surface area contributed by atoms with E-state index in [1.165, 1.54) is 38.2 Å². The molecule has 0 amide bonds. The molecule has 9 rings (SSSR count). The van der Waals surface area contributed by atoms with E-state index in [0.717, 1.165) is 39.7 Å². The Morgan fingerprint density at radius 3 is 1.88 bits per heavy atom. The normalized spacial score (nSPS) is 16.8. The van der Waals surface area contributed by atoms with Crippen LogP contribution in [0.4, 0.5) is 0 Å². The Bertz CT molecular complexity index is 2210. The van der Waals surface area contributed by atoms with Crippen LogP contribution in [0.2, 0.25) is 0 Å². The highest BCUT2D eigenvalue weighted by Crippen LogP contribution is 2.39. The summed E-state index contributed by atoms with van der Waals surface area (Å²) in [5, 5.41) is 7.18. The number of para-hydroxylation sites is 5. The van der Waals surface area contributed by atoms with Crippen LogP contribution < -0.4 is 0 Å². The largest absolute Gasteiger partial charge is 0.309 e. The van der Waals surface area contributed by atoms with E-state index in [1.54, 1.807) is 0 Å². The summed E-state index contributed by atoms with van der Waals surface area (Å²) in [4.78, 5) is 10.7. The number of rotatable bonds is 2. The third-order valence-electron chi connectivity index (χ3n) is 8.32. The first-order valence-electron chi connectivity index (χ1n) is 13.9. The van der Waals surface area contributed by atoms with Crippen LogP contribution in [-0.4, -0.2) is 32.6 Å². The van der Waals surface area contributed by atoms with Crippen molar-refractivity contribution in [1.29, 1.82) is 0 Å². The Hall–Kier alpha value is -4.87. The molecule has 0 saturated carbocycles. The molecular weight excluding hydrogens is 520 g/mol. The molecule has 1 atom stereocenters. The van der Waals surface area contributed by atoms with Gasteiger partial charge in [0.25, 0.3) is 0 Å². The van der Waals surface area contributed by atoms with Gasteiger partial charge in [0.05, 0.1) is 33.8 Å². The van der Waals surface area contributed by atoms with Gasteiger partial charge in [-0.1, -0.05) is 91.0 Å². The molecule has 0 aliphatic carbocycles.